The molecule has 0 aliphatic heterocycles. The van der Waals surface area contributed by atoms with E-state index in [0.717, 1.165) is 10.5 Å². The minimum atomic E-state index is -3.55. The molecule has 1 N–H and O–H groups in total. The fraction of sp³-hybridized carbons (Fsp3) is 0.200. The van der Waals surface area contributed by atoms with Crippen molar-refractivity contribution in [3.8, 4) is 0 Å². The molecule has 1 atom stereocenters. The van der Waals surface area contributed by atoms with Crippen LogP contribution in [0.3, 0.4) is 0 Å². The topological polar surface area (TPSA) is 46.2 Å². The number of rotatable bonds is 5. The summed E-state index contributed by atoms with van der Waals surface area (Å²) < 4.78 is 27.3. The van der Waals surface area contributed by atoms with E-state index in [0.29, 0.717) is 5.02 Å². The van der Waals surface area contributed by atoms with E-state index >= 15 is 0 Å². The molecule has 2 aromatic rings. The van der Waals surface area contributed by atoms with Crippen molar-refractivity contribution in [1.82, 2.24) is 4.72 Å². The lowest BCUT2D eigenvalue weighted by Crippen LogP contribution is -2.26. The van der Waals surface area contributed by atoms with Gasteiger partial charge in [-0.1, -0.05) is 23.7 Å². The Morgan fingerprint density at radius 2 is 1.62 bits per heavy atom. The summed E-state index contributed by atoms with van der Waals surface area (Å²) in [7, 11) is -3.55. The number of benzene rings is 2. The second-order valence-corrected chi connectivity index (χ2v) is 7.60. The van der Waals surface area contributed by atoms with Gasteiger partial charge in [-0.25, -0.2) is 13.1 Å². The highest BCUT2D eigenvalue weighted by atomic mass is 35.5. The SMILES string of the molecule is CSc1ccc([C@@H](C)NS(=O)(=O)c2ccc(Cl)cc2)cc1. The molecule has 0 amide bonds. The summed E-state index contributed by atoms with van der Waals surface area (Å²) in [6, 6.07) is 13.6. The summed E-state index contributed by atoms with van der Waals surface area (Å²) in [5, 5.41) is 0.509. The molecule has 0 bridgehead atoms. The molecule has 0 saturated heterocycles. The number of hydrogen-bond acceptors (Lipinski definition) is 3. The Kier molecular flexibility index (Phi) is 5.32. The van der Waals surface area contributed by atoms with E-state index in [1.165, 1.54) is 12.1 Å². The molecule has 112 valence electrons. The molecule has 0 radical (unpaired) electrons. The van der Waals surface area contributed by atoms with Crippen LogP contribution in [0.15, 0.2) is 58.3 Å². The Labute approximate surface area is 134 Å². The molecule has 0 fully saturated rings. The van der Waals surface area contributed by atoms with E-state index in [9.17, 15) is 8.42 Å². The molecule has 3 nitrogen and oxygen atoms in total. The zero-order valence-corrected chi connectivity index (χ0v) is 14.1. The monoisotopic (exact) mass is 341 g/mol. The van der Waals surface area contributed by atoms with Crippen molar-refractivity contribution in [1.29, 1.82) is 0 Å². The van der Waals surface area contributed by atoms with E-state index in [1.807, 2.05) is 37.4 Å². The number of halogens is 1. The fourth-order valence-electron chi connectivity index (χ4n) is 1.88. The Hall–Kier alpha value is -1.01. The molecule has 0 spiro atoms. The molecule has 21 heavy (non-hydrogen) atoms. The van der Waals surface area contributed by atoms with Crippen molar-refractivity contribution in [2.75, 3.05) is 6.26 Å². The zero-order chi connectivity index (χ0) is 15.5. The normalized spacial score (nSPS) is 13.1. The quantitative estimate of drug-likeness (QED) is 0.833. The van der Waals surface area contributed by atoms with Gasteiger partial charge in [0.1, 0.15) is 0 Å². The predicted octanol–water partition coefficient (Wildman–Crippen LogP) is 4.10. The van der Waals surface area contributed by atoms with Crippen molar-refractivity contribution in [3.05, 3.63) is 59.1 Å². The van der Waals surface area contributed by atoms with Gasteiger partial charge in [-0.2, -0.15) is 0 Å². The highest BCUT2D eigenvalue weighted by Gasteiger charge is 2.18. The van der Waals surface area contributed by atoms with Crippen LogP contribution in [0, 0.1) is 0 Å². The number of nitrogens with one attached hydrogen (secondary N) is 1. The van der Waals surface area contributed by atoms with Crippen molar-refractivity contribution in [2.24, 2.45) is 0 Å². The van der Waals surface area contributed by atoms with Crippen LogP contribution in [0.25, 0.3) is 0 Å². The van der Waals surface area contributed by atoms with Gasteiger partial charge in [-0.05, 0) is 55.1 Å². The van der Waals surface area contributed by atoms with Gasteiger partial charge in [0.05, 0.1) is 4.90 Å². The number of thioether (sulfide) groups is 1. The molecule has 0 unspecified atom stereocenters. The summed E-state index contributed by atoms with van der Waals surface area (Å²) in [5.74, 6) is 0. The average molecular weight is 342 g/mol. The van der Waals surface area contributed by atoms with Crippen molar-refractivity contribution < 1.29 is 8.42 Å². The first-order valence-electron chi connectivity index (χ1n) is 6.34. The summed E-state index contributed by atoms with van der Waals surface area (Å²) in [5.41, 5.74) is 0.922. The maximum atomic E-state index is 12.3. The van der Waals surface area contributed by atoms with Gasteiger partial charge in [-0.3, -0.25) is 0 Å². The summed E-state index contributed by atoms with van der Waals surface area (Å²) in [6.07, 6.45) is 2.00. The molecule has 2 aromatic carbocycles. The number of sulfonamides is 1. The third-order valence-electron chi connectivity index (χ3n) is 3.07. The lowest BCUT2D eigenvalue weighted by atomic mass is 10.1. The zero-order valence-electron chi connectivity index (χ0n) is 11.7. The summed E-state index contributed by atoms with van der Waals surface area (Å²) in [4.78, 5) is 1.35. The largest absolute Gasteiger partial charge is 0.241 e. The molecular formula is C15H16ClNO2S2. The third-order valence-corrected chi connectivity index (χ3v) is 5.62. The van der Waals surface area contributed by atoms with Crippen LogP contribution in [0.2, 0.25) is 5.02 Å². The molecule has 0 aliphatic rings. The Morgan fingerprint density at radius 1 is 1.05 bits per heavy atom. The lowest BCUT2D eigenvalue weighted by molar-refractivity contribution is 0.567. The minimum absolute atomic E-state index is 0.208. The molecule has 2 rings (SSSR count). The standard InChI is InChI=1S/C15H16ClNO2S2/c1-11(12-3-7-14(20-2)8-4-12)17-21(18,19)15-9-5-13(16)6-10-15/h3-11,17H,1-2H3/t11-/m1/s1. The highest BCUT2D eigenvalue weighted by Crippen LogP contribution is 2.21. The van der Waals surface area contributed by atoms with Gasteiger partial charge in [0.2, 0.25) is 10.0 Å². The fourth-order valence-corrected chi connectivity index (χ4v) is 3.64. The van der Waals surface area contributed by atoms with Crippen molar-refractivity contribution in [3.63, 3.8) is 0 Å². The van der Waals surface area contributed by atoms with Gasteiger partial charge >= 0.3 is 0 Å². The Bertz CT molecular complexity index is 697. The second-order valence-electron chi connectivity index (χ2n) is 4.57. The maximum absolute atomic E-state index is 12.3. The molecule has 0 aliphatic carbocycles. The van der Waals surface area contributed by atoms with Crippen LogP contribution >= 0.6 is 23.4 Å². The van der Waals surface area contributed by atoms with Gasteiger partial charge in [-0.15, -0.1) is 11.8 Å². The van der Waals surface area contributed by atoms with Crippen LogP contribution in [0.4, 0.5) is 0 Å². The summed E-state index contributed by atoms with van der Waals surface area (Å²) >= 11 is 7.42. The van der Waals surface area contributed by atoms with Crippen molar-refractivity contribution >= 4 is 33.4 Å². The maximum Gasteiger partial charge on any atom is 0.241 e. The predicted molar refractivity (Wildman–Crippen MR) is 88.4 cm³/mol. The molecule has 0 saturated carbocycles. The molecular weight excluding hydrogens is 326 g/mol. The number of hydrogen-bond donors (Lipinski definition) is 1. The van der Waals surface area contributed by atoms with Crippen LogP contribution in [0.5, 0.6) is 0 Å². The second kappa shape index (κ2) is 6.83. The molecule has 0 heterocycles. The Morgan fingerprint density at radius 3 is 2.14 bits per heavy atom. The van der Waals surface area contributed by atoms with Crippen LogP contribution in [-0.2, 0) is 10.0 Å². The van der Waals surface area contributed by atoms with Gasteiger partial charge in [0.25, 0.3) is 0 Å². The van der Waals surface area contributed by atoms with E-state index in [1.54, 1.807) is 23.9 Å². The third kappa shape index (κ3) is 4.23. The first kappa shape index (κ1) is 16.4. The Balaban J connectivity index is 2.17. The van der Waals surface area contributed by atoms with E-state index in [2.05, 4.69) is 4.72 Å². The van der Waals surface area contributed by atoms with Gasteiger partial charge in [0, 0.05) is 16.0 Å². The van der Waals surface area contributed by atoms with Gasteiger partial charge < -0.3 is 0 Å². The van der Waals surface area contributed by atoms with Crippen LogP contribution in [-0.4, -0.2) is 14.7 Å². The highest BCUT2D eigenvalue weighted by molar-refractivity contribution is 7.98. The summed E-state index contributed by atoms with van der Waals surface area (Å²) in [6.45, 7) is 1.82. The van der Waals surface area contributed by atoms with E-state index in [-0.39, 0.29) is 10.9 Å². The first-order valence-corrected chi connectivity index (χ1v) is 9.43. The van der Waals surface area contributed by atoms with Gasteiger partial charge in [0.15, 0.2) is 0 Å². The molecule has 6 heteroatoms. The van der Waals surface area contributed by atoms with E-state index < -0.39 is 10.0 Å². The average Bonchev–Trinajstić information content (AvgIpc) is 2.47. The van der Waals surface area contributed by atoms with Crippen LogP contribution in [0.1, 0.15) is 18.5 Å². The lowest BCUT2D eigenvalue weighted by Gasteiger charge is -2.15. The minimum Gasteiger partial charge on any atom is -0.207 e. The smallest absolute Gasteiger partial charge is 0.207 e. The van der Waals surface area contributed by atoms with Crippen molar-refractivity contribution in [2.45, 2.75) is 22.8 Å². The molecule has 0 aromatic heterocycles. The first-order chi connectivity index (χ1) is 9.92. The van der Waals surface area contributed by atoms with E-state index in [4.69, 9.17) is 11.6 Å². The van der Waals surface area contributed by atoms with Crippen LogP contribution < -0.4 is 4.72 Å².